The number of nitrogens with one attached hydrogen (secondary N) is 1. The van der Waals surface area contributed by atoms with Crippen molar-refractivity contribution in [1.29, 1.82) is 0 Å². The van der Waals surface area contributed by atoms with E-state index < -0.39 is 0 Å². The SMILES string of the molecule is CC(C)(C)n1cc(NC(=O)N2CCOCC2)cn1. The molecule has 2 heterocycles. The minimum absolute atomic E-state index is 0.0814. The summed E-state index contributed by atoms with van der Waals surface area (Å²) < 4.78 is 7.05. The molecule has 0 aliphatic carbocycles. The molecule has 100 valence electrons. The van der Waals surface area contributed by atoms with Crippen molar-refractivity contribution in [2.45, 2.75) is 26.3 Å². The van der Waals surface area contributed by atoms with Gasteiger partial charge < -0.3 is 15.0 Å². The topological polar surface area (TPSA) is 59.4 Å². The highest BCUT2D eigenvalue weighted by Gasteiger charge is 2.18. The van der Waals surface area contributed by atoms with Gasteiger partial charge in [0.25, 0.3) is 0 Å². The molecule has 0 spiro atoms. The first-order valence-corrected chi connectivity index (χ1v) is 6.15. The van der Waals surface area contributed by atoms with Crippen molar-refractivity contribution in [2.24, 2.45) is 0 Å². The fraction of sp³-hybridized carbons (Fsp3) is 0.667. The van der Waals surface area contributed by atoms with E-state index in [0.29, 0.717) is 26.3 Å². The number of morpholine rings is 1. The Morgan fingerprint density at radius 1 is 1.39 bits per heavy atom. The van der Waals surface area contributed by atoms with E-state index in [1.54, 1.807) is 11.1 Å². The third kappa shape index (κ3) is 3.01. The van der Waals surface area contributed by atoms with Crippen molar-refractivity contribution in [1.82, 2.24) is 14.7 Å². The Kier molecular flexibility index (Phi) is 3.56. The Morgan fingerprint density at radius 3 is 2.61 bits per heavy atom. The number of nitrogens with zero attached hydrogens (tertiary/aromatic N) is 3. The molecule has 0 atom stereocenters. The highest BCUT2D eigenvalue weighted by Crippen LogP contribution is 2.16. The number of hydrogen-bond donors (Lipinski definition) is 1. The predicted molar refractivity (Wildman–Crippen MR) is 68.6 cm³/mol. The summed E-state index contributed by atoms with van der Waals surface area (Å²) in [5, 5.41) is 7.10. The normalized spacial score (nSPS) is 16.7. The lowest BCUT2D eigenvalue weighted by Gasteiger charge is -2.26. The van der Waals surface area contributed by atoms with Gasteiger partial charge >= 0.3 is 6.03 Å². The largest absolute Gasteiger partial charge is 0.378 e. The number of urea groups is 1. The van der Waals surface area contributed by atoms with Crippen LogP contribution in [0.1, 0.15) is 20.8 Å². The third-order valence-corrected chi connectivity index (χ3v) is 2.82. The number of hydrogen-bond acceptors (Lipinski definition) is 3. The van der Waals surface area contributed by atoms with Crippen LogP contribution in [0.2, 0.25) is 0 Å². The molecule has 18 heavy (non-hydrogen) atoms. The number of rotatable bonds is 1. The Labute approximate surface area is 107 Å². The molecule has 1 fully saturated rings. The van der Waals surface area contributed by atoms with Crippen LogP contribution in [0.5, 0.6) is 0 Å². The molecule has 1 aliphatic heterocycles. The molecule has 1 aliphatic rings. The molecule has 6 heteroatoms. The van der Waals surface area contributed by atoms with E-state index in [1.165, 1.54) is 0 Å². The molecule has 0 unspecified atom stereocenters. The molecule has 2 rings (SSSR count). The summed E-state index contributed by atoms with van der Waals surface area (Å²) in [4.78, 5) is 13.7. The molecule has 1 aromatic heterocycles. The van der Waals surface area contributed by atoms with E-state index in [2.05, 4.69) is 31.2 Å². The van der Waals surface area contributed by atoms with Crippen molar-refractivity contribution in [3.05, 3.63) is 12.4 Å². The summed E-state index contributed by atoms with van der Waals surface area (Å²) in [5.74, 6) is 0. The van der Waals surface area contributed by atoms with Crippen molar-refractivity contribution in [3.63, 3.8) is 0 Å². The first kappa shape index (κ1) is 12.9. The number of carbonyl (C=O) groups excluding carboxylic acids is 1. The fourth-order valence-electron chi connectivity index (χ4n) is 1.72. The molecule has 0 aromatic carbocycles. The lowest BCUT2D eigenvalue weighted by Crippen LogP contribution is -2.43. The predicted octanol–water partition coefficient (Wildman–Crippen LogP) is 1.50. The van der Waals surface area contributed by atoms with Crippen LogP contribution >= 0.6 is 0 Å². The van der Waals surface area contributed by atoms with E-state index in [-0.39, 0.29) is 11.6 Å². The molecule has 6 nitrogen and oxygen atoms in total. The third-order valence-electron chi connectivity index (χ3n) is 2.82. The van der Waals surface area contributed by atoms with Gasteiger partial charge in [-0.15, -0.1) is 0 Å². The van der Waals surface area contributed by atoms with Crippen LogP contribution in [0.25, 0.3) is 0 Å². The summed E-state index contributed by atoms with van der Waals surface area (Å²) >= 11 is 0. The van der Waals surface area contributed by atoms with Gasteiger partial charge in [0.2, 0.25) is 0 Å². The van der Waals surface area contributed by atoms with Crippen LogP contribution in [-0.4, -0.2) is 47.0 Å². The van der Waals surface area contributed by atoms with E-state index in [1.807, 2.05) is 10.9 Å². The Balaban J connectivity index is 1.96. The molecular formula is C12H20N4O2. The number of amides is 2. The number of carbonyl (C=O) groups is 1. The zero-order valence-corrected chi connectivity index (χ0v) is 11.1. The number of ether oxygens (including phenoxy) is 1. The molecular weight excluding hydrogens is 232 g/mol. The van der Waals surface area contributed by atoms with Crippen LogP contribution in [0, 0.1) is 0 Å². The molecule has 0 saturated carbocycles. The molecule has 2 amide bonds. The van der Waals surface area contributed by atoms with E-state index in [0.717, 1.165) is 5.69 Å². The van der Waals surface area contributed by atoms with Crippen molar-refractivity contribution in [2.75, 3.05) is 31.6 Å². The van der Waals surface area contributed by atoms with Crippen molar-refractivity contribution in [3.8, 4) is 0 Å². The quantitative estimate of drug-likeness (QED) is 0.824. The lowest BCUT2D eigenvalue weighted by atomic mass is 10.1. The van der Waals surface area contributed by atoms with E-state index in [4.69, 9.17) is 4.74 Å². The average molecular weight is 252 g/mol. The summed E-state index contributed by atoms with van der Waals surface area (Å²) in [6.45, 7) is 8.68. The maximum absolute atomic E-state index is 11.9. The molecule has 0 radical (unpaired) electrons. The van der Waals surface area contributed by atoms with Gasteiger partial charge in [-0.1, -0.05) is 0 Å². The van der Waals surface area contributed by atoms with Gasteiger partial charge in [-0.3, -0.25) is 4.68 Å². The fourth-order valence-corrected chi connectivity index (χ4v) is 1.72. The second-order valence-corrected chi connectivity index (χ2v) is 5.37. The van der Waals surface area contributed by atoms with E-state index in [9.17, 15) is 4.79 Å². The second-order valence-electron chi connectivity index (χ2n) is 5.37. The minimum atomic E-state index is -0.0910. The van der Waals surface area contributed by atoms with Gasteiger partial charge in [0, 0.05) is 19.3 Å². The van der Waals surface area contributed by atoms with Gasteiger partial charge in [0.1, 0.15) is 0 Å². The standard InChI is InChI=1S/C12H20N4O2/c1-12(2,3)16-9-10(8-13-16)14-11(17)15-4-6-18-7-5-15/h8-9H,4-7H2,1-3H3,(H,14,17). The zero-order chi connectivity index (χ0) is 13.2. The van der Waals surface area contributed by atoms with Crippen LogP contribution < -0.4 is 5.32 Å². The first-order valence-electron chi connectivity index (χ1n) is 6.15. The van der Waals surface area contributed by atoms with Crippen LogP contribution in [0.4, 0.5) is 10.5 Å². The summed E-state index contributed by atoms with van der Waals surface area (Å²) in [7, 11) is 0. The second kappa shape index (κ2) is 4.97. The highest BCUT2D eigenvalue weighted by atomic mass is 16.5. The number of anilines is 1. The highest BCUT2D eigenvalue weighted by molar-refractivity contribution is 5.89. The first-order chi connectivity index (χ1) is 8.47. The van der Waals surface area contributed by atoms with Gasteiger partial charge in [-0.2, -0.15) is 5.10 Å². The van der Waals surface area contributed by atoms with Crippen LogP contribution in [0.3, 0.4) is 0 Å². The Morgan fingerprint density at radius 2 is 2.06 bits per heavy atom. The molecule has 0 bridgehead atoms. The van der Waals surface area contributed by atoms with Gasteiger partial charge in [0.15, 0.2) is 0 Å². The van der Waals surface area contributed by atoms with Gasteiger partial charge in [-0.05, 0) is 20.8 Å². The van der Waals surface area contributed by atoms with Gasteiger partial charge in [-0.25, -0.2) is 4.79 Å². The van der Waals surface area contributed by atoms with E-state index >= 15 is 0 Å². The monoisotopic (exact) mass is 252 g/mol. The smallest absolute Gasteiger partial charge is 0.322 e. The van der Waals surface area contributed by atoms with Gasteiger partial charge in [0.05, 0.1) is 30.6 Å². The average Bonchev–Trinajstić information content (AvgIpc) is 2.78. The Hall–Kier alpha value is -1.56. The maximum atomic E-state index is 11.9. The summed E-state index contributed by atoms with van der Waals surface area (Å²) in [6, 6.07) is -0.0910. The molecule has 1 N–H and O–H groups in total. The minimum Gasteiger partial charge on any atom is -0.378 e. The summed E-state index contributed by atoms with van der Waals surface area (Å²) in [6.07, 6.45) is 3.52. The van der Waals surface area contributed by atoms with Crippen molar-refractivity contribution >= 4 is 11.7 Å². The Bertz CT molecular complexity index is 416. The maximum Gasteiger partial charge on any atom is 0.322 e. The van der Waals surface area contributed by atoms with Crippen molar-refractivity contribution < 1.29 is 9.53 Å². The number of aromatic nitrogens is 2. The molecule has 1 aromatic rings. The lowest BCUT2D eigenvalue weighted by molar-refractivity contribution is 0.0564. The zero-order valence-electron chi connectivity index (χ0n) is 11.1. The van der Waals surface area contributed by atoms with Crippen LogP contribution in [-0.2, 0) is 10.3 Å². The van der Waals surface area contributed by atoms with Crippen LogP contribution in [0.15, 0.2) is 12.4 Å². The summed E-state index contributed by atoms with van der Waals surface area (Å²) in [5.41, 5.74) is 0.642. The molecule has 1 saturated heterocycles.